The van der Waals surface area contributed by atoms with Crippen LogP contribution >= 0.6 is 15.6 Å². The number of aliphatic hydroxyl groups is 1. The Morgan fingerprint density at radius 1 is 0.284 bits per heavy atom. The van der Waals surface area contributed by atoms with Crippen molar-refractivity contribution in [3.05, 3.63) is 0 Å². The van der Waals surface area contributed by atoms with Crippen molar-refractivity contribution < 1.29 is 80.2 Å². The third-order valence-corrected chi connectivity index (χ3v) is 19.6. The minimum Gasteiger partial charge on any atom is -0.462 e. The van der Waals surface area contributed by atoms with Crippen LogP contribution in [0.4, 0.5) is 0 Å². The second-order valence-electron chi connectivity index (χ2n) is 28.3. The summed E-state index contributed by atoms with van der Waals surface area (Å²) in [6.45, 7) is 9.60. The summed E-state index contributed by atoms with van der Waals surface area (Å²) >= 11 is 0. The van der Waals surface area contributed by atoms with Crippen LogP contribution in [0.5, 0.6) is 0 Å². The molecule has 95 heavy (non-hydrogen) atoms. The number of carbonyl (C=O) groups excluding carboxylic acids is 4. The van der Waals surface area contributed by atoms with E-state index in [1.807, 2.05) is 0 Å². The van der Waals surface area contributed by atoms with Gasteiger partial charge in [-0.15, -0.1) is 0 Å². The maximum atomic E-state index is 13.1. The Labute approximate surface area is 581 Å². The van der Waals surface area contributed by atoms with Crippen LogP contribution in [0.3, 0.4) is 0 Å². The summed E-state index contributed by atoms with van der Waals surface area (Å²) in [5, 5.41) is 10.6. The van der Waals surface area contributed by atoms with Gasteiger partial charge in [0.05, 0.1) is 26.4 Å². The van der Waals surface area contributed by atoms with Gasteiger partial charge < -0.3 is 33.8 Å². The summed E-state index contributed by atoms with van der Waals surface area (Å²) in [6, 6.07) is 0. The zero-order chi connectivity index (χ0) is 70.0. The number of carbonyl (C=O) groups is 4. The average Bonchev–Trinajstić information content (AvgIpc) is 1.39. The third-order valence-electron chi connectivity index (χ3n) is 17.7. The predicted octanol–water partition coefficient (Wildman–Crippen LogP) is 22.3. The van der Waals surface area contributed by atoms with Gasteiger partial charge in [-0.25, -0.2) is 9.13 Å². The molecule has 0 aliphatic heterocycles. The summed E-state index contributed by atoms with van der Waals surface area (Å²) in [4.78, 5) is 72.8. The van der Waals surface area contributed by atoms with E-state index in [-0.39, 0.29) is 25.7 Å². The Balaban J connectivity index is 5.26. The second kappa shape index (κ2) is 67.9. The molecule has 0 aromatic heterocycles. The third kappa shape index (κ3) is 70.3. The van der Waals surface area contributed by atoms with Gasteiger partial charge in [-0.3, -0.25) is 37.3 Å². The van der Waals surface area contributed by atoms with E-state index >= 15 is 0 Å². The lowest BCUT2D eigenvalue weighted by Crippen LogP contribution is -2.30. The molecule has 5 atom stereocenters. The van der Waals surface area contributed by atoms with Crippen molar-refractivity contribution in [2.45, 2.75) is 413 Å². The summed E-state index contributed by atoms with van der Waals surface area (Å²) in [7, 11) is -9.91. The summed E-state index contributed by atoms with van der Waals surface area (Å²) in [5.74, 6) is -0.582. The topological polar surface area (TPSA) is 237 Å². The lowest BCUT2D eigenvalue weighted by atomic mass is 10.0. The fourth-order valence-corrected chi connectivity index (χ4v) is 13.2. The Kier molecular flexibility index (Phi) is 66.5. The fraction of sp³-hybridized carbons (Fsp3) is 0.947. The van der Waals surface area contributed by atoms with Crippen molar-refractivity contribution in [3.8, 4) is 0 Å². The molecule has 0 radical (unpaired) electrons. The highest BCUT2D eigenvalue weighted by atomic mass is 31.2. The van der Waals surface area contributed by atoms with Crippen molar-refractivity contribution >= 4 is 39.5 Å². The first kappa shape index (κ1) is 93.1. The van der Waals surface area contributed by atoms with Crippen molar-refractivity contribution in [1.82, 2.24) is 0 Å². The number of esters is 4. The minimum atomic E-state index is -4.96. The van der Waals surface area contributed by atoms with Crippen LogP contribution in [-0.4, -0.2) is 96.7 Å². The largest absolute Gasteiger partial charge is 0.472 e. The quantitative estimate of drug-likeness (QED) is 0.0222. The number of aliphatic hydroxyl groups excluding tert-OH is 1. The molecule has 19 heteroatoms. The van der Waals surface area contributed by atoms with E-state index in [0.717, 1.165) is 102 Å². The smallest absolute Gasteiger partial charge is 0.462 e. The molecule has 17 nitrogen and oxygen atoms in total. The van der Waals surface area contributed by atoms with Gasteiger partial charge in [0.1, 0.15) is 19.3 Å². The van der Waals surface area contributed by atoms with E-state index in [1.54, 1.807) is 0 Å². The van der Waals surface area contributed by atoms with E-state index in [4.69, 9.17) is 37.0 Å². The molecule has 3 N–H and O–H groups in total. The van der Waals surface area contributed by atoms with Gasteiger partial charge in [-0.2, -0.15) is 0 Å². The molecule has 0 aliphatic rings. The first-order valence-electron chi connectivity index (χ1n) is 39.5. The molecule has 0 spiro atoms. The summed E-state index contributed by atoms with van der Waals surface area (Å²) in [6.07, 6.45) is 55.3. The number of hydrogen-bond donors (Lipinski definition) is 3. The number of unbranched alkanes of at least 4 members (excludes halogenated alkanes) is 45. The summed E-state index contributed by atoms with van der Waals surface area (Å²) in [5.41, 5.74) is 0. The van der Waals surface area contributed by atoms with E-state index in [0.29, 0.717) is 25.7 Å². The van der Waals surface area contributed by atoms with Gasteiger partial charge >= 0.3 is 39.5 Å². The van der Waals surface area contributed by atoms with Gasteiger partial charge in [0.2, 0.25) is 0 Å². The van der Waals surface area contributed by atoms with Gasteiger partial charge in [-0.1, -0.05) is 343 Å². The van der Waals surface area contributed by atoms with E-state index in [9.17, 15) is 43.2 Å². The zero-order valence-corrected chi connectivity index (χ0v) is 63.8. The lowest BCUT2D eigenvalue weighted by molar-refractivity contribution is -0.161. The van der Waals surface area contributed by atoms with Crippen molar-refractivity contribution in [2.24, 2.45) is 11.8 Å². The van der Waals surface area contributed by atoms with Crippen molar-refractivity contribution in [1.29, 1.82) is 0 Å². The highest BCUT2D eigenvalue weighted by Crippen LogP contribution is 2.45. The normalized spacial score (nSPS) is 14.0. The highest BCUT2D eigenvalue weighted by molar-refractivity contribution is 7.47. The number of hydrogen-bond acceptors (Lipinski definition) is 15. The summed E-state index contributed by atoms with van der Waals surface area (Å²) < 4.78 is 68.6. The van der Waals surface area contributed by atoms with E-state index < -0.39 is 97.5 Å². The highest BCUT2D eigenvalue weighted by Gasteiger charge is 2.30. The number of phosphoric acid groups is 2. The van der Waals surface area contributed by atoms with Crippen LogP contribution in [0.15, 0.2) is 0 Å². The van der Waals surface area contributed by atoms with Crippen LogP contribution in [-0.2, 0) is 65.4 Å². The van der Waals surface area contributed by atoms with Crippen LogP contribution in [0.1, 0.15) is 395 Å². The second-order valence-corrected chi connectivity index (χ2v) is 31.3. The number of phosphoric ester groups is 2. The molecule has 0 rings (SSSR count). The monoisotopic (exact) mass is 1400 g/mol. The molecule has 0 heterocycles. The molecule has 0 saturated heterocycles. The number of ether oxygens (including phenoxy) is 4. The van der Waals surface area contributed by atoms with E-state index in [1.165, 1.54) is 212 Å². The van der Waals surface area contributed by atoms with Gasteiger partial charge in [0.25, 0.3) is 0 Å². The van der Waals surface area contributed by atoms with Gasteiger partial charge in [0, 0.05) is 25.7 Å². The first-order valence-corrected chi connectivity index (χ1v) is 42.5. The molecule has 0 aromatic rings. The van der Waals surface area contributed by atoms with E-state index in [2.05, 4.69) is 41.5 Å². The molecule has 0 aromatic carbocycles. The SMILES string of the molecule is CCCCCCCCCCCCCCCCC(=O)OC[C@H](COP(=O)(O)OC[C@@H](O)COP(=O)(O)OC[C@@H](COC(=O)CCCCCCCCCCCC(C)C)OC(=O)CCCCCCCCCCCCCCC)OC(=O)CCCCCCCCCCCCCCCC(C)C. The predicted molar refractivity (Wildman–Crippen MR) is 386 cm³/mol. The van der Waals surface area contributed by atoms with Crippen LogP contribution < -0.4 is 0 Å². The standard InChI is InChI=1S/C76H148O17P2/c1-7-9-11-13-15-17-19-21-25-28-34-40-46-52-58-73(78)86-64-71(92-76(81)61-55-49-43-36-30-26-22-24-27-32-38-44-50-56-68(3)4)66-90-94(82,83)88-62-70(77)63-89-95(84,85)91-67-72(65-87-74(79)59-53-47-41-37-31-33-39-45-51-57-69(5)6)93-75(80)60-54-48-42-35-29-23-20-18-16-14-12-10-8-2/h68-72,77H,7-67H2,1-6H3,(H,82,83)(H,84,85)/t70-,71-,72-/m1/s1. The van der Waals surface area contributed by atoms with Crippen LogP contribution in [0, 0.1) is 11.8 Å². The molecule has 0 saturated carbocycles. The maximum absolute atomic E-state index is 13.1. The molecule has 2 unspecified atom stereocenters. The average molecular weight is 1400 g/mol. The fourth-order valence-electron chi connectivity index (χ4n) is 11.7. The Morgan fingerprint density at radius 3 is 0.716 bits per heavy atom. The van der Waals surface area contributed by atoms with Crippen molar-refractivity contribution in [3.63, 3.8) is 0 Å². The van der Waals surface area contributed by atoms with Crippen LogP contribution in [0.25, 0.3) is 0 Å². The Morgan fingerprint density at radius 2 is 0.484 bits per heavy atom. The molecule has 0 fully saturated rings. The Hall–Kier alpha value is -1.94. The molecule has 0 aliphatic carbocycles. The maximum Gasteiger partial charge on any atom is 0.472 e. The van der Waals surface area contributed by atoms with Gasteiger partial charge in [-0.05, 0) is 37.5 Å². The minimum absolute atomic E-state index is 0.107. The van der Waals surface area contributed by atoms with Crippen LogP contribution in [0.2, 0.25) is 0 Å². The molecular weight excluding hydrogens is 1250 g/mol. The lowest BCUT2D eigenvalue weighted by Gasteiger charge is -2.21. The molecule has 0 bridgehead atoms. The molecule has 564 valence electrons. The Bertz CT molecular complexity index is 1840. The van der Waals surface area contributed by atoms with Gasteiger partial charge in [0.15, 0.2) is 12.2 Å². The van der Waals surface area contributed by atoms with Crippen molar-refractivity contribution in [2.75, 3.05) is 39.6 Å². The zero-order valence-electron chi connectivity index (χ0n) is 62.0. The molecule has 0 amide bonds. The molecular formula is C76H148O17P2. The first-order chi connectivity index (χ1) is 45.9. The number of rotatable bonds is 75.